The van der Waals surface area contributed by atoms with Crippen molar-refractivity contribution in [1.29, 1.82) is 0 Å². The Labute approximate surface area is 116 Å². The summed E-state index contributed by atoms with van der Waals surface area (Å²) in [6, 6.07) is 3.61. The predicted molar refractivity (Wildman–Crippen MR) is 71.5 cm³/mol. The molecule has 1 amide bonds. The number of hydrogen-bond donors (Lipinski definition) is 0. The number of rotatable bonds is 2. The van der Waals surface area contributed by atoms with Crippen molar-refractivity contribution in [2.45, 2.75) is 32.2 Å². The highest BCUT2D eigenvalue weighted by Gasteiger charge is 2.30. The zero-order valence-corrected chi connectivity index (χ0v) is 11.3. The second-order valence-electron chi connectivity index (χ2n) is 4.92. The van der Waals surface area contributed by atoms with Gasteiger partial charge in [0.1, 0.15) is 6.04 Å². The van der Waals surface area contributed by atoms with Crippen LogP contribution in [0.4, 0.5) is 0 Å². The smallest absolute Gasteiger partial charge is 0.249 e. The van der Waals surface area contributed by atoms with E-state index in [1.54, 1.807) is 19.3 Å². The first kappa shape index (κ1) is 12.8. The van der Waals surface area contributed by atoms with Gasteiger partial charge >= 0.3 is 0 Å². The third kappa shape index (κ3) is 2.41. The quantitative estimate of drug-likeness (QED) is 0.838. The molecule has 2 aromatic rings. The van der Waals surface area contributed by atoms with Gasteiger partial charge in [0.25, 0.3) is 0 Å². The Balaban J connectivity index is 1.87. The van der Waals surface area contributed by atoms with E-state index >= 15 is 0 Å². The molecule has 6 nitrogen and oxygen atoms in total. The average molecular weight is 272 g/mol. The minimum Gasteiger partial charge on any atom is -0.337 e. The highest BCUT2D eigenvalue weighted by Crippen LogP contribution is 2.30. The number of carbonyl (C=O) groups is 1. The molecule has 0 N–H and O–H groups in total. The van der Waals surface area contributed by atoms with E-state index in [0.29, 0.717) is 11.7 Å². The SMILES string of the molecule is CC(=O)N1CCCCC1c1nc(-c2cccnc2)no1. The lowest BCUT2D eigenvalue weighted by Crippen LogP contribution is -2.37. The number of aromatic nitrogens is 3. The molecule has 1 aliphatic rings. The van der Waals surface area contributed by atoms with Crippen molar-refractivity contribution in [3.63, 3.8) is 0 Å². The van der Waals surface area contributed by atoms with Gasteiger partial charge in [0.15, 0.2) is 0 Å². The Morgan fingerprint density at radius 1 is 1.45 bits per heavy atom. The maximum Gasteiger partial charge on any atom is 0.249 e. The lowest BCUT2D eigenvalue weighted by atomic mass is 10.0. The van der Waals surface area contributed by atoms with Crippen molar-refractivity contribution < 1.29 is 9.32 Å². The Bertz CT molecular complexity index is 596. The van der Waals surface area contributed by atoms with Gasteiger partial charge in [0.05, 0.1) is 0 Å². The summed E-state index contributed by atoms with van der Waals surface area (Å²) in [5.74, 6) is 1.08. The van der Waals surface area contributed by atoms with Crippen molar-refractivity contribution in [3.8, 4) is 11.4 Å². The topological polar surface area (TPSA) is 72.1 Å². The number of nitrogens with zero attached hydrogens (tertiary/aromatic N) is 4. The van der Waals surface area contributed by atoms with Gasteiger partial charge in [-0.2, -0.15) is 4.98 Å². The maximum atomic E-state index is 11.7. The fraction of sp³-hybridized carbons (Fsp3) is 0.429. The van der Waals surface area contributed by atoms with E-state index in [4.69, 9.17) is 4.52 Å². The molecule has 104 valence electrons. The third-order valence-electron chi connectivity index (χ3n) is 3.55. The Morgan fingerprint density at radius 3 is 3.10 bits per heavy atom. The summed E-state index contributed by atoms with van der Waals surface area (Å²) in [7, 11) is 0. The molecule has 0 bridgehead atoms. The molecular weight excluding hydrogens is 256 g/mol. The van der Waals surface area contributed by atoms with Crippen molar-refractivity contribution in [2.24, 2.45) is 0 Å². The summed E-state index contributed by atoms with van der Waals surface area (Å²) in [5, 5.41) is 3.99. The first-order valence-electron chi connectivity index (χ1n) is 6.77. The van der Waals surface area contributed by atoms with E-state index < -0.39 is 0 Å². The summed E-state index contributed by atoms with van der Waals surface area (Å²) in [6.45, 7) is 2.33. The second-order valence-corrected chi connectivity index (χ2v) is 4.92. The molecule has 2 aromatic heterocycles. The van der Waals surface area contributed by atoms with Gasteiger partial charge in [0.2, 0.25) is 17.6 Å². The Morgan fingerprint density at radius 2 is 2.35 bits per heavy atom. The molecule has 1 atom stereocenters. The molecule has 0 aromatic carbocycles. The summed E-state index contributed by atoms with van der Waals surface area (Å²) in [5.41, 5.74) is 0.813. The molecule has 0 aliphatic carbocycles. The molecule has 20 heavy (non-hydrogen) atoms. The molecule has 1 fully saturated rings. The first-order chi connectivity index (χ1) is 9.75. The van der Waals surface area contributed by atoms with Crippen LogP contribution in [0.2, 0.25) is 0 Å². The summed E-state index contributed by atoms with van der Waals surface area (Å²) < 4.78 is 5.36. The largest absolute Gasteiger partial charge is 0.337 e. The molecule has 3 rings (SSSR count). The first-order valence-corrected chi connectivity index (χ1v) is 6.77. The van der Waals surface area contributed by atoms with E-state index in [-0.39, 0.29) is 11.9 Å². The average Bonchev–Trinajstić information content (AvgIpc) is 2.98. The normalized spacial score (nSPS) is 19.1. The molecule has 0 saturated carbocycles. The summed E-state index contributed by atoms with van der Waals surface area (Å²) in [4.78, 5) is 22.0. The van der Waals surface area contributed by atoms with Gasteiger partial charge in [-0.05, 0) is 31.4 Å². The highest BCUT2D eigenvalue weighted by atomic mass is 16.5. The molecule has 0 radical (unpaired) electrons. The molecular formula is C14H16N4O2. The lowest BCUT2D eigenvalue weighted by molar-refractivity contribution is -0.133. The molecule has 3 heterocycles. The number of piperidine rings is 1. The maximum absolute atomic E-state index is 11.7. The van der Waals surface area contributed by atoms with Crippen molar-refractivity contribution in [3.05, 3.63) is 30.4 Å². The molecule has 0 spiro atoms. The second kappa shape index (κ2) is 5.40. The van der Waals surface area contributed by atoms with Crippen LogP contribution in [0.5, 0.6) is 0 Å². The molecule has 1 unspecified atom stereocenters. The van der Waals surface area contributed by atoms with Crippen molar-refractivity contribution in [1.82, 2.24) is 20.0 Å². The zero-order chi connectivity index (χ0) is 13.9. The van der Waals surface area contributed by atoms with Crippen LogP contribution in [0, 0.1) is 0 Å². The minimum absolute atomic E-state index is 0.0517. The van der Waals surface area contributed by atoms with Crippen molar-refractivity contribution >= 4 is 5.91 Å². The van der Waals surface area contributed by atoms with Crippen LogP contribution in [-0.2, 0) is 4.79 Å². The standard InChI is InChI=1S/C14H16N4O2/c1-10(19)18-8-3-2-6-12(18)14-16-13(17-20-14)11-5-4-7-15-9-11/h4-5,7,9,12H,2-3,6,8H2,1H3. The Hall–Kier alpha value is -2.24. The fourth-order valence-corrected chi connectivity index (χ4v) is 2.55. The number of likely N-dealkylation sites (tertiary alicyclic amines) is 1. The fourth-order valence-electron chi connectivity index (χ4n) is 2.55. The van der Waals surface area contributed by atoms with E-state index in [0.717, 1.165) is 31.4 Å². The van der Waals surface area contributed by atoms with Gasteiger partial charge in [-0.3, -0.25) is 9.78 Å². The van der Waals surface area contributed by atoms with E-state index in [9.17, 15) is 4.79 Å². The zero-order valence-electron chi connectivity index (χ0n) is 11.3. The van der Waals surface area contributed by atoms with Crippen LogP contribution in [0.15, 0.2) is 29.0 Å². The van der Waals surface area contributed by atoms with Gasteiger partial charge in [-0.25, -0.2) is 0 Å². The predicted octanol–water partition coefficient (Wildman–Crippen LogP) is 2.21. The van der Waals surface area contributed by atoms with E-state index in [2.05, 4.69) is 15.1 Å². The summed E-state index contributed by atoms with van der Waals surface area (Å²) >= 11 is 0. The van der Waals surface area contributed by atoms with Gasteiger partial charge in [0, 0.05) is 31.4 Å². The summed E-state index contributed by atoms with van der Waals surface area (Å²) in [6.07, 6.45) is 6.36. The van der Waals surface area contributed by atoms with Gasteiger partial charge < -0.3 is 9.42 Å². The van der Waals surface area contributed by atoms with Crippen LogP contribution in [0.3, 0.4) is 0 Å². The van der Waals surface area contributed by atoms with Crippen molar-refractivity contribution in [2.75, 3.05) is 6.54 Å². The molecule has 6 heteroatoms. The minimum atomic E-state index is -0.0980. The van der Waals surface area contributed by atoms with E-state index in [1.165, 1.54) is 0 Å². The number of hydrogen-bond acceptors (Lipinski definition) is 5. The monoisotopic (exact) mass is 272 g/mol. The number of amides is 1. The van der Waals surface area contributed by atoms with Crippen LogP contribution in [0.1, 0.15) is 38.1 Å². The van der Waals surface area contributed by atoms with Crippen LogP contribution in [0.25, 0.3) is 11.4 Å². The Kier molecular flexibility index (Phi) is 3.45. The van der Waals surface area contributed by atoms with Gasteiger partial charge in [-0.15, -0.1) is 0 Å². The number of carbonyl (C=O) groups excluding carboxylic acids is 1. The molecule has 1 aliphatic heterocycles. The van der Waals surface area contributed by atoms with Crippen LogP contribution in [-0.4, -0.2) is 32.5 Å². The molecule has 1 saturated heterocycles. The highest BCUT2D eigenvalue weighted by molar-refractivity contribution is 5.73. The number of pyridine rings is 1. The lowest BCUT2D eigenvalue weighted by Gasteiger charge is -2.32. The van der Waals surface area contributed by atoms with Gasteiger partial charge in [-0.1, -0.05) is 5.16 Å². The third-order valence-corrected chi connectivity index (χ3v) is 3.55. The van der Waals surface area contributed by atoms with E-state index in [1.807, 2.05) is 17.0 Å². The van der Waals surface area contributed by atoms with Crippen LogP contribution >= 0.6 is 0 Å². The van der Waals surface area contributed by atoms with Crippen LogP contribution < -0.4 is 0 Å².